The van der Waals surface area contributed by atoms with Crippen LogP contribution in [0, 0.1) is 19.8 Å². The smallest absolute Gasteiger partial charge is 0.0393 e. The number of nitrogens with zero attached hydrogens (tertiary/aromatic N) is 1. The number of rotatable bonds is 4. The van der Waals surface area contributed by atoms with Gasteiger partial charge in [0, 0.05) is 12.1 Å². The van der Waals surface area contributed by atoms with Gasteiger partial charge in [0.2, 0.25) is 0 Å². The van der Waals surface area contributed by atoms with Gasteiger partial charge < -0.3 is 5.32 Å². The molecule has 112 valence electrons. The molecule has 1 aliphatic rings. The first-order valence-corrected chi connectivity index (χ1v) is 8.02. The lowest BCUT2D eigenvalue weighted by molar-refractivity contribution is 0.0632. The lowest BCUT2D eigenvalue weighted by atomic mass is 9.82. The minimum atomic E-state index is 0.566. The second-order valence-corrected chi connectivity index (χ2v) is 6.60. The van der Waals surface area contributed by atoms with Crippen molar-refractivity contribution in [1.82, 2.24) is 10.2 Å². The molecule has 1 aliphatic heterocycles. The molecule has 1 saturated heterocycles. The SMILES string of the molecule is CNCC1CCCN(C(C)C)C1c1ccc(C)cc1C. The molecular weight excluding hydrogens is 244 g/mol. The Hall–Kier alpha value is -0.860. The van der Waals surface area contributed by atoms with E-state index in [0.29, 0.717) is 12.1 Å². The number of benzene rings is 1. The Kier molecular flexibility index (Phi) is 5.22. The van der Waals surface area contributed by atoms with E-state index in [1.165, 1.54) is 36.1 Å². The topological polar surface area (TPSA) is 15.3 Å². The van der Waals surface area contributed by atoms with Crippen molar-refractivity contribution in [1.29, 1.82) is 0 Å². The maximum Gasteiger partial charge on any atom is 0.0393 e. The minimum absolute atomic E-state index is 0.566. The highest BCUT2D eigenvalue weighted by Gasteiger charge is 2.34. The molecule has 0 aromatic heterocycles. The van der Waals surface area contributed by atoms with Crippen molar-refractivity contribution in [2.24, 2.45) is 5.92 Å². The summed E-state index contributed by atoms with van der Waals surface area (Å²) in [5.41, 5.74) is 4.34. The van der Waals surface area contributed by atoms with Crippen LogP contribution in [0.5, 0.6) is 0 Å². The van der Waals surface area contributed by atoms with E-state index in [1.807, 2.05) is 0 Å². The van der Waals surface area contributed by atoms with Crippen molar-refractivity contribution in [2.75, 3.05) is 20.1 Å². The molecule has 1 aromatic carbocycles. The third kappa shape index (κ3) is 3.24. The zero-order valence-electron chi connectivity index (χ0n) is 13.7. The van der Waals surface area contributed by atoms with E-state index in [-0.39, 0.29) is 0 Å². The quantitative estimate of drug-likeness (QED) is 0.901. The van der Waals surface area contributed by atoms with E-state index in [4.69, 9.17) is 0 Å². The molecule has 0 aliphatic carbocycles. The number of aryl methyl sites for hydroxylation is 2. The van der Waals surface area contributed by atoms with Crippen LogP contribution in [0.25, 0.3) is 0 Å². The van der Waals surface area contributed by atoms with E-state index < -0.39 is 0 Å². The number of hydrogen-bond donors (Lipinski definition) is 1. The van der Waals surface area contributed by atoms with Gasteiger partial charge in [-0.2, -0.15) is 0 Å². The molecule has 2 heteroatoms. The van der Waals surface area contributed by atoms with Crippen LogP contribution in [0.15, 0.2) is 18.2 Å². The van der Waals surface area contributed by atoms with Gasteiger partial charge >= 0.3 is 0 Å². The molecule has 0 radical (unpaired) electrons. The Bertz CT molecular complexity index is 437. The van der Waals surface area contributed by atoms with Gasteiger partial charge in [-0.1, -0.05) is 23.8 Å². The maximum atomic E-state index is 3.40. The van der Waals surface area contributed by atoms with Crippen molar-refractivity contribution in [2.45, 2.75) is 52.6 Å². The second kappa shape index (κ2) is 6.73. The second-order valence-electron chi connectivity index (χ2n) is 6.60. The first-order chi connectivity index (χ1) is 9.54. The van der Waals surface area contributed by atoms with Crippen molar-refractivity contribution < 1.29 is 0 Å². The fourth-order valence-electron chi connectivity index (χ4n) is 3.75. The molecule has 1 heterocycles. The van der Waals surface area contributed by atoms with Gasteiger partial charge in [-0.3, -0.25) is 4.90 Å². The molecule has 0 amide bonds. The van der Waals surface area contributed by atoms with E-state index in [1.54, 1.807) is 0 Å². The van der Waals surface area contributed by atoms with Crippen molar-refractivity contribution in [3.8, 4) is 0 Å². The zero-order chi connectivity index (χ0) is 14.7. The van der Waals surface area contributed by atoms with Crippen molar-refractivity contribution >= 4 is 0 Å². The Morgan fingerprint density at radius 2 is 2.05 bits per heavy atom. The molecule has 20 heavy (non-hydrogen) atoms. The van der Waals surface area contributed by atoms with Crippen LogP contribution >= 0.6 is 0 Å². The highest BCUT2D eigenvalue weighted by atomic mass is 15.2. The van der Waals surface area contributed by atoms with Gasteiger partial charge in [-0.15, -0.1) is 0 Å². The van der Waals surface area contributed by atoms with Gasteiger partial charge in [-0.05, 0) is 77.7 Å². The van der Waals surface area contributed by atoms with Crippen molar-refractivity contribution in [3.63, 3.8) is 0 Å². The summed E-state index contributed by atoms with van der Waals surface area (Å²) in [4.78, 5) is 2.70. The Balaban J connectivity index is 2.37. The summed E-state index contributed by atoms with van der Waals surface area (Å²) in [7, 11) is 2.08. The van der Waals surface area contributed by atoms with E-state index in [2.05, 4.69) is 63.2 Å². The molecule has 2 rings (SSSR count). The third-order valence-electron chi connectivity index (χ3n) is 4.67. The summed E-state index contributed by atoms with van der Waals surface area (Å²) >= 11 is 0. The summed E-state index contributed by atoms with van der Waals surface area (Å²) in [5, 5.41) is 3.40. The fourth-order valence-corrected chi connectivity index (χ4v) is 3.75. The van der Waals surface area contributed by atoms with Gasteiger partial charge in [-0.25, -0.2) is 0 Å². The van der Waals surface area contributed by atoms with E-state index >= 15 is 0 Å². The van der Waals surface area contributed by atoms with Gasteiger partial charge in [0.1, 0.15) is 0 Å². The van der Waals surface area contributed by atoms with Crippen LogP contribution in [0.1, 0.15) is 49.4 Å². The summed E-state index contributed by atoms with van der Waals surface area (Å²) in [6, 6.07) is 8.14. The molecule has 1 fully saturated rings. The monoisotopic (exact) mass is 274 g/mol. The first kappa shape index (κ1) is 15.5. The summed E-state index contributed by atoms with van der Waals surface area (Å²) in [6.07, 6.45) is 2.66. The Morgan fingerprint density at radius 3 is 2.65 bits per heavy atom. The fraction of sp³-hybridized carbons (Fsp3) is 0.667. The molecule has 0 spiro atoms. The van der Waals surface area contributed by atoms with Crippen LogP contribution < -0.4 is 5.32 Å². The zero-order valence-corrected chi connectivity index (χ0v) is 13.7. The molecule has 1 aromatic rings. The lowest BCUT2D eigenvalue weighted by Crippen LogP contribution is -2.45. The number of likely N-dealkylation sites (tertiary alicyclic amines) is 1. The lowest BCUT2D eigenvalue weighted by Gasteiger charge is -2.44. The molecule has 2 atom stereocenters. The highest BCUT2D eigenvalue weighted by molar-refractivity contribution is 5.33. The van der Waals surface area contributed by atoms with Crippen LogP contribution in [0.2, 0.25) is 0 Å². The predicted octanol–water partition coefficient (Wildman–Crippen LogP) is 3.68. The predicted molar refractivity (Wildman–Crippen MR) is 87.1 cm³/mol. The Morgan fingerprint density at radius 1 is 1.30 bits per heavy atom. The molecular formula is C18H30N2. The number of nitrogens with one attached hydrogen (secondary N) is 1. The third-order valence-corrected chi connectivity index (χ3v) is 4.67. The van der Waals surface area contributed by atoms with Crippen LogP contribution in [-0.4, -0.2) is 31.1 Å². The average molecular weight is 274 g/mol. The van der Waals surface area contributed by atoms with Crippen molar-refractivity contribution in [3.05, 3.63) is 34.9 Å². The van der Waals surface area contributed by atoms with Gasteiger partial charge in [0.25, 0.3) is 0 Å². The van der Waals surface area contributed by atoms with Crippen LogP contribution in [0.4, 0.5) is 0 Å². The Labute approximate surface area is 124 Å². The maximum absolute atomic E-state index is 3.40. The molecule has 1 N–H and O–H groups in total. The van der Waals surface area contributed by atoms with Gasteiger partial charge in [0.05, 0.1) is 0 Å². The molecule has 0 saturated carbocycles. The highest BCUT2D eigenvalue weighted by Crippen LogP contribution is 2.38. The molecule has 0 bridgehead atoms. The standard InChI is InChI=1S/C18H30N2/c1-13(2)20-10-6-7-16(12-19-5)18(20)17-9-8-14(3)11-15(17)4/h8-9,11,13,16,18-19H,6-7,10,12H2,1-5H3. The minimum Gasteiger partial charge on any atom is -0.319 e. The molecule has 2 nitrogen and oxygen atoms in total. The summed E-state index contributed by atoms with van der Waals surface area (Å²) < 4.78 is 0. The van der Waals surface area contributed by atoms with Crippen LogP contribution in [-0.2, 0) is 0 Å². The van der Waals surface area contributed by atoms with E-state index in [0.717, 1.165) is 12.5 Å². The summed E-state index contributed by atoms with van der Waals surface area (Å²) in [5.74, 6) is 0.720. The molecule has 2 unspecified atom stereocenters. The van der Waals surface area contributed by atoms with E-state index in [9.17, 15) is 0 Å². The normalized spacial score (nSPS) is 24.3. The first-order valence-electron chi connectivity index (χ1n) is 8.02. The average Bonchev–Trinajstić information content (AvgIpc) is 2.39. The number of hydrogen-bond acceptors (Lipinski definition) is 2. The number of piperidine rings is 1. The van der Waals surface area contributed by atoms with Crippen LogP contribution in [0.3, 0.4) is 0 Å². The summed E-state index contributed by atoms with van der Waals surface area (Å²) in [6.45, 7) is 11.5. The van der Waals surface area contributed by atoms with Gasteiger partial charge in [0.15, 0.2) is 0 Å². The largest absolute Gasteiger partial charge is 0.319 e.